The normalized spacial score (nSPS) is 10.2. The molecule has 2 amide bonds. The fourth-order valence-electron chi connectivity index (χ4n) is 1.78. The number of nitrogens with one attached hydrogen (secondary N) is 2. The molecule has 0 unspecified atom stereocenters. The lowest BCUT2D eigenvalue weighted by Crippen LogP contribution is -2.34. The first-order valence-corrected chi connectivity index (χ1v) is 10.4. The van der Waals surface area contributed by atoms with Crippen LogP contribution in [0.15, 0.2) is 24.3 Å². The highest BCUT2D eigenvalue weighted by molar-refractivity contribution is 5.87. The molecular weight excluding hydrogens is 456 g/mol. The Hall–Kier alpha value is -3.16. The van der Waals surface area contributed by atoms with Crippen molar-refractivity contribution in [2.75, 3.05) is 65.9 Å². The third-order valence-electron chi connectivity index (χ3n) is 3.46. The second-order valence-corrected chi connectivity index (χ2v) is 6.76. The van der Waals surface area contributed by atoms with Gasteiger partial charge in [-0.05, 0) is 13.8 Å². The summed E-state index contributed by atoms with van der Waals surface area (Å²) >= 11 is 0. The van der Waals surface area contributed by atoms with Gasteiger partial charge in [-0.2, -0.15) is 0 Å². The molecule has 0 saturated heterocycles. The minimum atomic E-state index is -1.21. The van der Waals surface area contributed by atoms with Crippen LogP contribution in [-0.4, -0.2) is 101 Å². The average molecular weight is 491 g/mol. The van der Waals surface area contributed by atoms with E-state index in [1.807, 2.05) is 0 Å². The molecule has 0 heterocycles. The summed E-state index contributed by atoms with van der Waals surface area (Å²) in [4.78, 5) is 45.3. The second-order valence-electron chi connectivity index (χ2n) is 6.76. The van der Waals surface area contributed by atoms with Gasteiger partial charge in [0.15, 0.2) is 0 Å². The number of amides is 2. The molecule has 0 aromatic rings. The number of ether oxygens (including phenoxy) is 6. The van der Waals surface area contributed by atoms with E-state index in [4.69, 9.17) is 28.4 Å². The molecule has 0 aromatic carbocycles. The van der Waals surface area contributed by atoms with Crippen LogP contribution >= 0.6 is 0 Å². The zero-order valence-electron chi connectivity index (χ0n) is 19.6. The van der Waals surface area contributed by atoms with Crippen LogP contribution in [0.1, 0.15) is 13.8 Å². The van der Waals surface area contributed by atoms with Crippen LogP contribution < -0.4 is 10.6 Å². The number of esters is 2. The summed E-state index contributed by atoms with van der Waals surface area (Å²) in [6.45, 7) is 10.2. The van der Waals surface area contributed by atoms with Crippen LogP contribution in [-0.2, 0) is 38.0 Å². The Balaban J connectivity index is 3.59. The Bertz CT molecular complexity index is 626. The zero-order valence-corrected chi connectivity index (χ0v) is 19.6. The topological polar surface area (TPSA) is 168 Å². The van der Waals surface area contributed by atoms with Gasteiger partial charge in [-0.1, -0.05) is 13.2 Å². The largest absolute Gasteiger partial charge is 0.460 e. The van der Waals surface area contributed by atoms with Gasteiger partial charge >= 0.3 is 24.1 Å². The number of rotatable bonds is 18. The predicted octanol–water partition coefficient (Wildman–Crippen LogP) is 0.0715. The monoisotopic (exact) mass is 490 g/mol. The number of aliphatic hydroxyl groups is 1. The molecule has 0 aliphatic rings. The molecule has 0 spiro atoms. The second kappa shape index (κ2) is 19.3. The molecule has 194 valence electrons. The smallest absolute Gasteiger partial charge is 0.407 e. The molecule has 0 bridgehead atoms. The molecule has 13 heteroatoms. The van der Waals surface area contributed by atoms with E-state index in [1.165, 1.54) is 13.8 Å². The first-order chi connectivity index (χ1) is 16.1. The minimum absolute atomic E-state index is 0.0654. The third-order valence-corrected chi connectivity index (χ3v) is 3.46. The van der Waals surface area contributed by atoms with Crippen molar-refractivity contribution in [3.8, 4) is 0 Å². The number of aliphatic hydroxyl groups excluding tert-OH is 1. The van der Waals surface area contributed by atoms with Gasteiger partial charge in [0.2, 0.25) is 0 Å². The van der Waals surface area contributed by atoms with Crippen LogP contribution in [0.4, 0.5) is 9.59 Å². The number of alkyl carbamates (subject to hydrolysis) is 2. The van der Waals surface area contributed by atoms with E-state index < -0.39 is 30.2 Å². The van der Waals surface area contributed by atoms with Crippen molar-refractivity contribution in [2.45, 2.75) is 20.0 Å². The minimum Gasteiger partial charge on any atom is -0.460 e. The molecule has 0 aliphatic heterocycles. The van der Waals surface area contributed by atoms with E-state index in [-0.39, 0.29) is 65.9 Å². The number of hydrogen-bond acceptors (Lipinski definition) is 11. The summed E-state index contributed by atoms with van der Waals surface area (Å²) in [7, 11) is 0. The van der Waals surface area contributed by atoms with E-state index in [2.05, 4.69) is 23.8 Å². The van der Waals surface area contributed by atoms with Crippen molar-refractivity contribution in [3.63, 3.8) is 0 Å². The summed E-state index contributed by atoms with van der Waals surface area (Å²) in [6.07, 6.45) is -2.78. The summed E-state index contributed by atoms with van der Waals surface area (Å²) in [5, 5.41) is 14.5. The van der Waals surface area contributed by atoms with Crippen molar-refractivity contribution in [1.29, 1.82) is 0 Å². The molecule has 13 nitrogen and oxygen atoms in total. The fourth-order valence-corrected chi connectivity index (χ4v) is 1.78. The molecule has 0 atom stereocenters. The first-order valence-electron chi connectivity index (χ1n) is 10.4. The van der Waals surface area contributed by atoms with Gasteiger partial charge in [0.1, 0.15) is 32.5 Å². The molecule has 0 aliphatic carbocycles. The molecule has 0 fully saturated rings. The summed E-state index contributed by atoms with van der Waals surface area (Å²) in [6, 6.07) is 0. The Morgan fingerprint density at radius 3 is 1.41 bits per heavy atom. The van der Waals surface area contributed by atoms with Crippen LogP contribution in [0, 0.1) is 0 Å². The van der Waals surface area contributed by atoms with Gasteiger partial charge in [0, 0.05) is 24.2 Å². The third kappa shape index (κ3) is 18.4. The maximum absolute atomic E-state index is 11.5. The maximum Gasteiger partial charge on any atom is 0.407 e. The van der Waals surface area contributed by atoms with Gasteiger partial charge in [-0.3, -0.25) is 0 Å². The maximum atomic E-state index is 11.5. The molecule has 0 radical (unpaired) electrons. The van der Waals surface area contributed by atoms with Gasteiger partial charge < -0.3 is 44.2 Å². The molecule has 34 heavy (non-hydrogen) atoms. The lowest BCUT2D eigenvalue weighted by Gasteiger charge is -2.13. The van der Waals surface area contributed by atoms with E-state index in [9.17, 15) is 24.3 Å². The predicted molar refractivity (Wildman–Crippen MR) is 118 cm³/mol. The first kappa shape index (κ1) is 30.8. The van der Waals surface area contributed by atoms with Gasteiger partial charge in [0.05, 0.1) is 26.4 Å². The Morgan fingerprint density at radius 1 is 0.676 bits per heavy atom. The highest BCUT2D eigenvalue weighted by Gasteiger charge is 2.11. The number of hydrogen-bond donors (Lipinski definition) is 3. The standard InChI is InChI=1S/C21H34N2O11/c1-15(2)18(25)31-11-9-29-7-5-22-20(27)33-13-17(24)14-34-21(28)23-6-8-30-10-12-32-19(26)16(3)4/h17,24H,1,3,5-14H2,2,4H3,(H,22,27)(H,23,28). The van der Waals surface area contributed by atoms with Crippen molar-refractivity contribution >= 4 is 24.1 Å². The van der Waals surface area contributed by atoms with Crippen LogP contribution in [0.2, 0.25) is 0 Å². The van der Waals surface area contributed by atoms with Crippen molar-refractivity contribution in [3.05, 3.63) is 24.3 Å². The van der Waals surface area contributed by atoms with Crippen LogP contribution in [0.25, 0.3) is 0 Å². The molecular formula is C21H34N2O11. The Kier molecular flexibility index (Phi) is 17.5. The van der Waals surface area contributed by atoms with E-state index in [1.54, 1.807) is 0 Å². The Labute approximate surface area is 198 Å². The van der Waals surface area contributed by atoms with Crippen LogP contribution in [0.5, 0.6) is 0 Å². The highest BCUT2D eigenvalue weighted by Crippen LogP contribution is 1.93. The summed E-state index contributed by atoms with van der Waals surface area (Å²) in [5.41, 5.74) is 0.583. The molecule has 0 saturated carbocycles. The number of carbonyl (C=O) groups excluding carboxylic acids is 4. The van der Waals surface area contributed by atoms with Crippen molar-refractivity contribution in [2.24, 2.45) is 0 Å². The lowest BCUT2D eigenvalue weighted by atomic mass is 10.4. The van der Waals surface area contributed by atoms with E-state index in [0.717, 1.165) is 0 Å². The van der Waals surface area contributed by atoms with Gasteiger partial charge in [0.25, 0.3) is 0 Å². The zero-order chi connectivity index (χ0) is 25.8. The summed E-state index contributed by atoms with van der Waals surface area (Å²) in [5.74, 6) is -1.01. The molecule has 3 N–H and O–H groups in total. The van der Waals surface area contributed by atoms with Gasteiger partial charge in [-0.15, -0.1) is 0 Å². The summed E-state index contributed by atoms with van der Waals surface area (Å²) < 4.78 is 29.5. The number of carbonyl (C=O) groups is 4. The van der Waals surface area contributed by atoms with Crippen LogP contribution in [0.3, 0.4) is 0 Å². The molecule has 0 rings (SSSR count). The Morgan fingerprint density at radius 2 is 1.06 bits per heavy atom. The van der Waals surface area contributed by atoms with Gasteiger partial charge in [-0.25, -0.2) is 19.2 Å². The highest BCUT2D eigenvalue weighted by atomic mass is 16.6. The van der Waals surface area contributed by atoms with E-state index >= 15 is 0 Å². The quantitative estimate of drug-likeness (QED) is 0.103. The molecule has 0 aromatic heterocycles. The SMILES string of the molecule is C=C(C)C(=O)OCCOCCNC(=O)OCC(O)COC(=O)NCCOCCOC(=O)C(=C)C. The van der Waals surface area contributed by atoms with Crippen molar-refractivity contribution < 1.29 is 52.7 Å². The lowest BCUT2D eigenvalue weighted by molar-refractivity contribution is -0.141. The fraction of sp³-hybridized carbons (Fsp3) is 0.619. The van der Waals surface area contributed by atoms with E-state index in [0.29, 0.717) is 11.1 Å². The van der Waals surface area contributed by atoms with Crippen molar-refractivity contribution in [1.82, 2.24) is 10.6 Å². The average Bonchev–Trinajstić information content (AvgIpc) is 2.79.